The minimum absolute atomic E-state index is 0.0342. The predicted octanol–water partition coefficient (Wildman–Crippen LogP) is 2.15. The van der Waals surface area contributed by atoms with E-state index in [9.17, 15) is 18.8 Å². The maximum atomic E-state index is 12.8. The van der Waals surface area contributed by atoms with Crippen molar-refractivity contribution in [1.82, 2.24) is 9.97 Å². The zero-order chi connectivity index (χ0) is 17.0. The van der Waals surface area contributed by atoms with Crippen molar-refractivity contribution in [2.24, 2.45) is 0 Å². The van der Waals surface area contributed by atoms with Crippen LogP contribution in [0, 0.1) is 12.7 Å². The number of Topliss-reactive ketones (excluding diaryl/α,β-unsaturated/α-hetero) is 1. The van der Waals surface area contributed by atoms with Gasteiger partial charge in [0.15, 0.2) is 5.78 Å². The average molecular weight is 335 g/mol. The number of amides is 1. The topological polar surface area (TPSA) is 91.9 Å². The van der Waals surface area contributed by atoms with Crippen LogP contribution >= 0.6 is 11.8 Å². The van der Waals surface area contributed by atoms with Crippen molar-refractivity contribution in [3.8, 4) is 0 Å². The van der Waals surface area contributed by atoms with E-state index in [1.165, 1.54) is 31.2 Å². The summed E-state index contributed by atoms with van der Waals surface area (Å²) < 4.78 is 12.8. The molecule has 0 atom stereocenters. The Labute approximate surface area is 135 Å². The number of aromatic amines is 1. The molecule has 0 aliphatic carbocycles. The number of ketones is 1. The highest BCUT2D eigenvalue weighted by molar-refractivity contribution is 8.00. The number of anilines is 1. The number of hydrogen-bond acceptors (Lipinski definition) is 5. The van der Waals surface area contributed by atoms with Crippen LogP contribution in [0.1, 0.15) is 23.0 Å². The van der Waals surface area contributed by atoms with Crippen LogP contribution < -0.4 is 11.0 Å². The minimum Gasteiger partial charge on any atom is -0.325 e. The van der Waals surface area contributed by atoms with Crippen molar-refractivity contribution < 1.29 is 14.0 Å². The number of hydrogen-bond donors (Lipinski definition) is 2. The van der Waals surface area contributed by atoms with E-state index < -0.39 is 11.5 Å². The van der Waals surface area contributed by atoms with E-state index in [4.69, 9.17) is 0 Å². The van der Waals surface area contributed by atoms with Crippen LogP contribution in [0.5, 0.6) is 0 Å². The molecule has 0 unspecified atom stereocenters. The quantitative estimate of drug-likeness (QED) is 0.496. The van der Waals surface area contributed by atoms with Crippen LogP contribution in [0.15, 0.2) is 34.1 Å². The molecule has 2 aromatic rings. The third kappa shape index (κ3) is 4.49. The Kier molecular flexibility index (Phi) is 5.28. The molecule has 120 valence electrons. The van der Waals surface area contributed by atoms with Crippen LogP contribution in [0.4, 0.5) is 10.1 Å². The summed E-state index contributed by atoms with van der Waals surface area (Å²) in [6.07, 6.45) is 0. The van der Waals surface area contributed by atoms with Gasteiger partial charge in [-0.15, -0.1) is 0 Å². The molecular weight excluding hydrogens is 321 g/mol. The molecule has 0 saturated carbocycles. The van der Waals surface area contributed by atoms with E-state index >= 15 is 0 Å². The van der Waals surface area contributed by atoms with Gasteiger partial charge in [-0.05, 0) is 38.1 Å². The molecule has 23 heavy (non-hydrogen) atoms. The van der Waals surface area contributed by atoms with Gasteiger partial charge in [-0.25, -0.2) is 9.18 Å². The van der Waals surface area contributed by atoms with Gasteiger partial charge in [0.05, 0.1) is 11.3 Å². The molecule has 1 amide bonds. The molecule has 0 spiro atoms. The molecule has 6 nitrogen and oxygen atoms in total. The molecule has 0 bridgehead atoms. The van der Waals surface area contributed by atoms with Crippen molar-refractivity contribution in [2.75, 3.05) is 11.1 Å². The van der Waals surface area contributed by atoms with Crippen molar-refractivity contribution >= 4 is 29.1 Å². The molecule has 0 radical (unpaired) electrons. The third-order valence-corrected chi connectivity index (χ3v) is 3.88. The highest BCUT2D eigenvalue weighted by Gasteiger charge is 2.15. The molecule has 1 aromatic carbocycles. The Hall–Kier alpha value is -2.48. The van der Waals surface area contributed by atoms with Crippen molar-refractivity contribution in [1.29, 1.82) is 0 Å². The maximum absolute atomic E-state index is 12.8. The predicted molar refractivity (Wildman–Crippen MR) is 85.4 cm³/mol. The zero-order valence-electron chi connectivity index (χ0n) is 12.5. The fourth-order valence-electron chi connectivity index (χ4n) is 1.94. The number of nitrogens with one attached hydrogen (secondary N) is 2. The molecule has 0 fully saturated rings. The van der Waals surface area contributed by atoms with E-state index in [1.54, 1.807) is 6.92 Å². The van der Waals surface area contributed by atoms with Gasteiger partial charge in [-0.1, -0.05) is 11.8 Å². The zero-order valence-corrected chi connectivity index (χ0v) is 13.3. The number of carbonyl (C=O) groups is 2. The highest BCUT2D eigenvalue weighted by Crippen LogP contribution is 2.21. The number of benzene rings is 1. The van der Waals surface area contributed by atoms with Crippen LogP contribution in [0.2, 0.25) is 0 Å². The second-order valence-electron chi connectivity index (χ2n) is 4.75. The minimum atomic E-state index is -0.575. The van der Waals surface area contributed by atoms with Gasteiger partial charge in [0.2, 0.25) is 5.91 Å². The fraction of sp³-hybridized carbons (Fsp3) is 0.200. The van der Waals surface area contributed by atoms with Gasteiger partial charge >= 0.3 is 5.69 Å². The summed E-state index contributed by atoms with van der Waals surface area (Å²) >= 11 is 0.996. The summed E-state index contributed by atoms with van der Waals surface area (Å²) in [5.74, 6) is -1.02. The number of H-pyrrole nitrogens is 1. The Morgan fingerprint density at radius 2 is 1.96 bits per heavy atom. The maximum Gasteiger partial charge on any atom is 0.346 e. The van der Waals surface area contributed by atoms with E-state index in [2.05, 4.69) is 15.3 Å². The van der Waals surface area contributed by atoms with Crippen LogP contribution in [-0.2, 0) is 4.79 Å². The molecule has 0 aliphatic heterocycles. The van der Waals surface area contributed by atoms with Crippen molar-refractivity contribution in [2.45, 2.75) is 18.9 Å². The lowest BCUT2D eigenvalue weighted by atomic mass is 10.2. The molecule has 1 aromatic heterocycles. The first-order chi connectivity index (χ1) is 10.9. The number of aryl methyl sites for hydroxylation is 1. The van der Waals surface area contributed by atoms with E-state index in [0.29, 0.717) is 16.9 Å². The van der Waals surface area contributed by atoms with Crippen LogP contribution in [-0.4, -0.2) is 27.4 Å². The van der Waals surface area contributed by atoms with E-state index in [1.807, 2.05) is 0 Å². The number of rotatable bonds is 5. The smallest absolute Gasteiger partial charge is 0.325 e. The standard InChI is InChI=1S/C15H14FN3O3S/c1-8-13(9(2)20)14(19-15(22)17-8)23-7-12(21)18-11-5-3-10(16)4-6-11/h3-6H,7H2,1-2H3,(H,18,21)(H,17,19,22). The lowest BCUT2D eigenvalue weighted by Gasteiger charge is -2.08. The van der Waals surface area contributed by atoms with Gasteiger partial charge in [0, 0.05) is 11.4 Å². The number of aromatic nitrogens is 2. The normalized spacial score (nSPS) is 10.4. The van der Waals surface area contributed by atoms with Crippen LogP contribution in [0.25, 0.3) is 0 Å². The molecular formula is C15H14FN3O3S. The number of halogens is 1. The largest absolute Gasteiger partial charge is 0.346 e. The number of carbonyl (C=O) groups excluding carboxylic acids is 2. The summed E-state index contributed by atoms with van der Waals surface area (Å²) in [5, 5.41) is 2.81. The summed E-state index contributed by atoms with van der Waals surface area (Å²) in [6.45, 7) is 2.97. The van der Waals surface area contributed by atoms with Gasteiger partial charge < -0.3 is 10.3 Å². The Morgan fingerprint density at radius 1 is 1.30 bits per heavy atom. The van der Waals surface area contributed by atoms with Crippen molar-refractivity contribution in [3.63, 3.8) is 0 Å². The summed E-state index contributed by atoms with van der Waals surface area (Å²) in [7, 11) is 0. The van der Waals surface area contributed by atoms with Crippen LogP contribution in [0.3, 0.4) is 0 Å². The molecule has 0 saturated heterocycles. The van der Waals surface area contributed by atoms with E-state index in [0.717, 1.165) is 11.8 Å². The Morgan fingerprint density at radius 3 is 2.57 bits per heavy atom. The van der Waals surface area contributed by atoms with Gasteiger partial charge in [0.25, 0.3) is 0 Å². The third-order valence-electron chi connectivity index (χ3n) is 2.91. The molecule has 1 heterocycles. The second-order valence-corrected chi connectivity index (χ2v) is 5.71. The number of nitrogens with zero attached hydrogens (tertiary/aromatic N) is 1. The first-order valence-corrected chi connectivity index (χ1v) is 7.65. The first kappa shape index (κ1) is 16.9. The lowest BCUT2D eigenvalue weighted by molar-refractivity contribution is -0.113. The highest BCUT2D eigenvalue weighted by atomic mass is 32.2. The Balaban J connectivity index is 2.08. The second kappa shape index (κ2) is 7.19. The van der Waals surface area contributed by atoms with E-state index in [-0.39, 0.29) is 22.5 Å². The summed E-state index contributed by atoms with van der Waals surface area (Å²) in [6, 6.07) is 5.35. The first-order valence-electron chi connectivity index (χ1n) is 6.67. The van der Waals surface area contributed by atoms with Gasteiger partial charge in [-0.3, -0.25) is 9.59 Å². The van der Waals surface area contributed by atoms with Gasteiger partial charge in [0.1, 0.15) is 10.8 Å². The fourth-order valence-corrected chi connectivity index (χ4v) is 2.87. The lowest BCUT2D eigenvalue weighted by Crippen LogP contribution is -2.19. The molecule has 8 heteroatoms. The number of thioether (sulfide) groups is 1. The molecule has 0 aliphatic rings. The average Bonchev–Trinajstić information content (AvgIpc) is 2.46. The summed E-state index contributed by atoms with van der Waals surface area (Å²) in [5.41, 5.74) is 0.593. The summed E-state index contributed by atoms with van der Waals surface area (Å²) in [4.78, 5) is 41.2. The molecule has 2 N–H and O–H groups in total. The molecule has 2 rings (SSSR count). The monoisotopic (exact) mass is 335 g/mol. The van der Waals surface area contributed by atoms with Gasteiger partial charge in [-0.2, -0.15) is 4.98 Å². The SMILES string of the molecule is CC(=O)c1c(SCC(=O)Nc2ccc(F)cc2)nc(=O)[nH]c1C. The Bertz CT molecular complexity index is 803. The van der Waals surface area contributed by atoms with Crippen molar-refractivity contribution in [3.05, 3.63) is 51.8 Å².